The molecule has 124 valence electrons. The highest BCUT2D eigenvalue weighted by Gasteiger charge is 2.32. The Balaban J connectivity index is 1.65. The highest BCUT2D eigenvalue weighted by Crippen LogP contribution is 2.26. The van der Waals surface area contributed by atoms with Gasteiger partial charge in [-0.2, -0.15) is 0 Å². The monoisotopic (exact) mass is 319 g/mol. The molecule has 2 saturated heterocycles. The van der Waals surface area contributed by atoms with Crippen LogP contribution in [0.25, 0.3) is 0 Å². The van der Waals surface area contributed by atoms with E-state index in [9.17, 15) is 14.7 Å². The number of phenolic OH excluding ortho intramolecular Hbond substituents is 1. The molecule has 0 saturated carbocycles. The molecule has 2 aliphatic rings. The van der Waals surface area contributed by atoms with Gasteiger partial charge in [0.05, 0.1) is 12.7 Å². The summed E-state index contributed by atoms with van der Waals surface area (Å²) in [6, 6.07) is 4.80. The molecule has 23 heavy (non-hydrogen) atoms. The Kier molecular flexibility index (Phi) is 4.27. The van der Waals surface area contributed by atoms with E-state index >= 15 is 0 Å². The van der Waals surface area contributed by atoms with Gasteiger partial charge in [0.1, 0.15) is 11.5 Å². The summed E-state index contributed by atoms with van der Waals surface area (Å²) >= 11 is 0. The third kappa shape index (κ3) is 3.04. The number of hydrogen-bond acceptors (Lipinski definition) is 4. The second kappa shape index (κ2) is 6.36. The Morgan fingerprint density at radius 1 is 1.30 bits per heavy atom. The summed E-state index contributed by atoms with van der Waals surface area (Å²) in [7, 11) is 1.52. The molecular formula is C16H21N3O4. The Morgan fingerprint density at radius 3 is 2.65 bits per heavy atom. The minimum absolute atomic E-state index is 0.0137. The predicted molar refractivity (Wildman–Crippen MR) is 83.7 cm³/mol. The highest BCUT2D eigenvalue weighted by molar-refractivity contribution is 5.97. The van der Waals surface area contributed by atoms with Crippen molar-refractivity contribution in [2.45, 2.75) is 18.9 Å². The Hall–Kier alpha value is -2.44. The van der Waals surface area contributed by atoms with Crippen LogP contribution in [0.5, 0.6) is 11.5 Å². The van der Waals surface area contributed by atoms with Crippen molar-refractivity contribution in [2.24, 2.45) is 0 Å². The lowest BCUT2D eigenvalue weighted by Gasteiger charge is -2.36. The number of carbonyl (C=O) groups is 2. The number of nitrogens with zero attached hydrogens (tertiary/aromatic N) is 2. The van der Waals surface area contributed by atoms with Crippen molar-refractivity contribution in [3.05, 3.63) is 23.8 Å². The molecular weight excluding hydrogens is 298 g/mol. The van der Waals surface area contributed by atoms with Gasteiger partial charge in [-0.25, -0.2) is 4.79 Å². The lowest BCUT2D eigenvalue weighted by Crippen LogP contribution is -2.47. The van der Waals surface area contributed by atoms with E-state index in [1.807, 2.05) is 4.90 Å². The van der Waals surface area contributed by atoms with Gasteiger partial charge in [0.2, 0.25) is 0 Å². The maximum atomic E-state index is 12.6. The summed E-state index contributed by atoms with van der Waals surface area (Å²) in [5.41, 5.74) is 0.252. The van der Waals surface area contributed by atoms with Gasteiger partial charge in [-0.1, -0.05) is 0 Å². The number of amides is 3. The molecule has 0 aromatic heterocycles. The normalized spacial score (nSPS) is 18.9. The molecule has 3 rings (SSSR count). The van der Waals surface area contributed by atoms with E-state index in [1.54, 1.807) is 17.0 Å². The molecule has 7 heteroatoms. The number of phenols is 1. The average Bonchev–Trinajstić information content (AvgIpc) is 3.01. The van der Waals surface area contributed by atoms with Crippen LogP contribution in [0.3, 0.4) is 0 Å². The van der Waals surface area contributed by atoms with Crippen molar-refractivity contribution < 1.29 is 19.4 Å². The number of ether oxygens (including phenoxy) is 1. The molecule has 0 radical (unpaired) electrons. The van der Waals surface area contributed by atoms with Crippen LogP contribution in [0.4, 0.5) is 4.79 Å². The first kappa shape index (κ1) is 15.5. The smallest absolute Gasteiger partial charge is 0.317 e. The largest absolute Gasteiger partial charge is 0.507 e. The summed E-state index contributed by atoms with van der Waals surface area (Å²) in [5, 5.41) is 12.7. The van der Waals surface area contributed by atoms with Crippen molar-refractivity contribution in [1.29, 1.82) is 0 Å². The summed E-state index contributed by atoms with van der Waals surface area (Å²) in [5.74, 6) is 0.289. The van der Waals surface area contributed by atoms with E-state index in [4.69, 9.17) is 4.74 Å². The third-order valence-electron chi connectivity index (χ3n) is 4.52. The first-order chi connectivity index (χ1) is 11.1. The van der Waals surface area contributed by atoms with Crippen LogP contribution < -0.4 is 10.1 Å². The zero-order valence-electron chi connectivity index (χ0n) is 13.1. The van der Waals surface area contributed by atoms with E-state index in [0.29, 0.717) is 25.4 Å². The lowest BCUT2D eigenvalue weighted by atomic mass is 10.0. The van der Waals surface area contributed by atoms with Crippen LogP contribution >= 0.6 is 0 Å². The average molecular weight is 319 g/mol. The van der Waals surface area contributed by atoms with E-state index in [0.717, 1.165) is 19.4 Å². The highest BCUT2D eigenvalue weighted by atomic mass is 16.5. The lowest BCUT2D eigenvalue weighted by molar-refractivity contribution is 0.0663. The fourth-order valence-corrected chi connectivity index (χ4v) is 3.20. The maximum Gasteiger partial charge on any atom is 0.317 e. The third-order valence-corrected chi connectivity index (χ3v) is 4.52. The Labute approximate surface area is 134 Å². The number of likely N-dealkylation sites (tertiary alicyclic amines) is 1. The number of rotatable bonds is 3. The number of methoxy groups -OCH3 is 1. The zero-order valence-corrected chi connectivity index (χ0v) is 13.1. The molecule has 0 spiro atoms. The number of benzene rings is 1. The zero-order chi connectivity index (χ0) is 16.4. The SMILES string of the molecule is COc1ccc(O)c(C(=O)N2CCC(N3CCNC3=O)CC2)c1. The van der Waals surface area contributed by atoms with Crippen molar-refractivity contribution in [3.8, 4) is 11.5 Å². The van der Waals surface area contributed by atoms with Gasteiger partial charge in [-0.3, -0.25) is 4.79 Å². The molecule has 3 amide bonds. The van der Waals surface area contributed by atoms with Crippen LogP contribution in [0, 0.1) is 0 Å². The summed E-state index contributed by atoms with van der Waals surface area (Å²) in [6.07, 6.45) is 1.51. The van der Waals surface area contributed by atoms with Crippen LogP contribution in [0.1, 0.15) is 23.2 Å². The number of hydrogen-bond donors (Lipinski definition) is 2. The number of nitrogens with one attached hydrogen (secondary N) is 1. The minimum Gasteiger partial charge on any atom is -0.507 e. The number of carbonyl (C=O) groups excluding carboxylic acids is 2. The van der Waals surface area contributed by atoms with Crippen LogP contribution in [0.15, 0.2) is 18.2 Å². The molecule has 2 heterocycles. The molecule has 1 aromatic rings. The number of urea groups is 1. The molecule has 2 fully saturated rings. The molecule has 0 atom stereocenters. The summed E-state index contributed by atoms with van der Waals surface area (Å²) < 4.78 is 5.11. The number of piperidine rings is 1. The van der Waals surface area contributed by atoms with Gasteiger partial charge in [-0.05, 0) is 31.0 Å². The molecule has 0 aliphatic carbocycles. The Bertz CT molecular complexity index is 611. The van der Waals surface area contributed by atoms with Gasteiger partial charge in [0.15, 0.2) is 0 Å². The second-order valence-corrected chi connectivity index (χ2v) is 5.83. The molecule has 0 bridgehead atoms. The van der Waals surface area contributed by atoms with Crippen molar-refractivity contribution in [1.82, 2.24) is 15.1 Å². The topological polar surface area (TPSA) is 82.1 Å². The van der Waals surface area contributed by atoms with Gasteiger partial charge >= 0.3 is 6.03 Å². The molecule has 7 nitrogen and oxygen atoms in total. The summed E-state index contributed by atoms with van der Waals surface area (Å²) in [6.45, 7) is 2.57. The molecule has 2 aliphatic heterocycles. The number of aromatic hydroxyl groups is 1. The van der Waals surface area contributed by atoms with Gasteiger partial charge in [0.25, 0.3) is 5.91 Å². The van der Waals surface area contributed by atoms with Crippen LogP contribution in [-0.2, 0) is 0 Å². The summed E-state index contributed by atoms with van der Waals surface area (Å²) in [4.78, 5) is 27.9. The molecule has 1 aromatic carbocycles. The maximum absolute atomic E-state index is 12.6. The minimum atomic E-state index is -0.203. The van der Waals surface area contributed by atoms with Crippen LogP contribution in [-0.4, -0.2) is 66.2 Å². The van der Waals surface area contributed by atoms with Crippen molar-refractivity contribution >= 4 is 11.9 Å². The van der Waals surface area contributed by atoms with E-state index in [-0.39, 0.29) is 29.3 Å². The molecule has 2 N–H and O–H groups in total. The Morgan fingerprint density at radius 2 is 2.04 bits per heavy atom. The fourth-order valence-electron chi connectivity index (χ4n) is 3.20. The van der Waals surface area contributed by atoms with E-state index in [1.165, 1.54) is 13.2 Å². The van der Waals surface area contributed by atoms with E-state index in [2.05, 4.69) is 5.32 Å². The fraction of sp³-hybridized carbons (Fsp3) is 0.500. The standard InChI is InChI=1S/C16H21N3O4/c1-23-12-2-3-14(20)13(10-12)15(21)18-7-4-11(5-8-18)19-9-6-17-16(19)22/h2-3,10-11,20H,4-9H2,1H3,(H,17,22). The van der Waals surface area contributed by atoms with E-state index < -0.39 is 0 Å². The van der Waals surface area contributed by atoms with Gasteiger partial charge in [-0.15, -0.1) is 0 Å². The predicted octanol–water partition coefficient (Wildman–Crippen LogP) is 1.03. The van der Waals surface area contributed by atoms with Crippen molar-refractivity contribution in [2.75, 3.05) is 33.3 Å². The first-order valence-corrected chi connectivity index (χ1v) is 7.81. The van der Waals surface area contributed by atoms with Gasteiger partial charge in [0, 0.05) is 32.2 Å². The molecule has 0 unspecified atom stereocenters. The van der Waals surface area contributed by atoms with Gasteiger partial charge < -0.3 is 25.0 Å². The second-order valence-electron chi connectivity index (χ2n) is 5.83. The van der Waals surface area contributed by atoms with Crippen LogP contribution in [0.2, 0.25) is 0 Å². The quantitative estimate of drug-likeness (QED) is 0.872. The van der Waals surface area contributed by atoms with Crippen molar-refractivity contribution in [3.63, 3.8) is 0 Å². The first-order valence-electron chi connectivity index (χ1n) is 7.81.